The number of hydrogen-bond acceptors (Lipinski definition) is 5. The maximum Gasteiger partial charge on any atom is 0.162 e. The Morgan fingerprint density at radius 3 is 2.32 bits per heavy atom. The van der Waals surface area contributed by atoms with Gasteiger partial charge in [0, 0.05) is 42.7 Å². The van der Waals surface area contributed by atoms with Crippen LogP contribution in [-0.4, -0.2) is 39.3 Å². The Kier molecular flexibility index (Phi) is 4.39. The standard InChI is InChI=1S/C20H20N4O/c25-17-8-12-24(13-9-17)19-14-18(15-4-2-1-3-5-15)22-20(23-19)16-6-10-21-11-7-16/h1-7,10-11,14,17,25H,8-9,12-13H2. The summed E-state index contributed by atoms with van der Waals surface area (Å²) in [5.41, 5.74) is 2.92. The lowest BCUT2D eigenvalue weighted by Crippen LogP contribution is -2.36. The third-order valence-electron chi connectivity index (χ3n) is 4.51. The van der Waals surface area contributed by atoms with Crippen LogP contribution in [0.4, 0.5) is 5.82 Å². The van der Waals surface area contributed by atoms with Crippen LogP contribution in [0.25, 0.3) is 22.6 Å². The summed E-state index contributed by atoms with van der Waals surface area (Å²) in [5, 5.41) is 9.77. The Hall–Kier alpha value is -2.79. The van der Waals surface area contributed by atoms with E-state index in [1.807, 2.05) is 36.4 Å². The number of nitrogens with zero attached hydrogens (tertiary/aromatic N) is 4. The average Bonchev–Trinajstić information content (AvgIpc) is 2.69. The van der Waals surface area contributed by atoms with Crippen LogP contribution >= 0.6 is 0 Å². The number of pyridine rings is 1. The van der Waals surface area contributed by atoms with Gasteiger partial charge in [-0.15, -0.1) is 0 Å². The molecule has 2 aromatic heterocycles. The highest BCUT2D eigenvalue weighted by molar-refractivity contribution is 5.67. The number of anilines is 1. The highest BCUT2D eigenvalue weighted by atomic mass is 16.3. The average molecular weight is 332 g/mol. The van der Waals surface area contributed by atoms with Crippen molar-refractivity contribution in [1.82, 2.24) is 15.0 Å². The van der Waals surface area contributed by atoms with Gasteiger partial charge in [0.05, 0.1) is 11.8 Å². The summed E-state index contributed by atoms with van der Waals surface area (Å²) < 4.78 is 0. The molecule has 25 heavy (non-hydrogen) atoms. The Bertz CT molecular complexity index is 773. The van der Waals surface area contributed by atoms with Crippen LogP contribution in [0.15, 0.2) is 60.9 Å². The van der Waals surface area contributed by atoms with Crippen molar-refractivity contribution in [2.75, 3.05) is 18.0 Å². The molecule has 0 atom stereocenters. The molecule has 5 heteroatoms. The maximum atomic E-state index is 9.77. The minimum atomic E-state index is -0.202. The molecular weight excluding hydrogens is 312 g/mol. The molecule has 3 heterocycles. The molecule has 0 amide bonds. The molecule has 126 valence electrons. The molecule has 0 radical (unpaired) electrons. The highest BCUT2D eigenvalue weighted by Gasteiger charge is 2.20. The van der Waals surface area contributed by atoms with E-state index in [4.69, 9.17) is 9.97 Å². The first-order valence-corrected chi connectivity index (χ1v) is 8.57. The van der Waals surface area contributed by atoms with Crippen molar-refractivity contribution in [3.63, 3.8) is 0 Å². The van der Waals surface area contributed by atoms with Gasteiger partial charge in [0.2, 0.25) is 0 Å². The van der Waals surface area contributed by atoms with Gasteiger partial charge in [-0.25, -0.2) is 9.97 Å². The van der Waals surface area contributed by atoms with Crippen molar-refractivity contribution in [1.29, 1.82) is 0 Å². The molecule has 1 saturated heterocycles. The van der Waals surface area contributed by atoms with E-state index in [0.717, 1.165) is 48.6 Å². The summed E-state index contributed by atoms with van der Waals surface area (Å²) in [6.45, 7) is 1.62. The highest BCUT2D eigenvalue weighted by Crippen LogP contribution is 2.27. The zero-order valence-electron chi connectivity index (χ0n) is 13.9. The molecular formula is C20H20N4O. The zero-order chi connectivity index (χ0) is 17.1. The van der Waals surface area contributed by atoms with Gasteiger partial charge in [-0.3, -0.25) is 4.98 Å². The number of benzene rings is 1. The summed E-state index contributed by atoms with van der Waals surface area (Å²) in [6.07, 6.45) is 4.85. The number of aliphatic hydroxyl groups is 1. The Morgan fingerprint density at radius 1 is 0.880 bits per heavy atom. The molecule has 0 spiro atoms. The van der Waals surface area contributed by atoms with E-state index in [2.05, 4.69) is 22.0 Å². The van der Waals surface area contributed by atoms with Crippen molar-refractivity contribution in [2.45, 2.75) is 18.9 Å². The fourth-order valence-electron chi connectivity index (χ4n) is 3.08. The summed E-state index contributed by atoms with van der Waals surface area (Å²) in [4.78, 5) is 15.9. The second-order valence-electron chi connectivity index (χ2n) is 6.26. The zero-order valence-corrected chi connectivity index (χ0v) is 13.9. The fraction of sp³-hybridized carbons (Fsp3) is 0.250. The number of rotatable bonds is 3. The summed E-state index contributed by atoms with van der Waals surface area (Å²) in [5.74, 6) is 1.61. The van der Waals surface area contributed by atoms with Crippen molar-refractivity contribution in [2.24, 2.45) is 0 Å². The van der Waals surface area contributed by atoms with Gasteiger partial charge in [0.1, 0.15) is 5.82 Å². The second-order valence-corrected chi connectivity index (χ2v) is 6.26. The van der Waals surface area contributed by atoms with Crippen molar-refractivity contribution >= 4 is 5.82 Å². The van der Waals surface area contributed by atoms with Gasteiger partial charge < -0.3 is 10.0 Å². The van der Waals surface area contributed by atoms with Crippen molar-refractivity contribution in [3.05, 3.63) is 60.9 Å². The molecule has 4 rings (SSSR count). The molecule has 0 bridgehead atoms. The van der Waals surface area contributed by atoms with Crippen molar-refractivity contribution in [3.8, 4) is 22.6 Å². The molecule has 1 aliphatic rings. The first-order valence-electron chi connectivity index (χ1n) is 8.57. The van der Waals surface area contributed by atoms with Crippen LogP contribution in [0.5, 0.6) is 0 Å². The molecule has 1 N–H and O–H groups in total. The molecule has 0 saturated carbocycles. The SMILES string of the molecule is OC1CCN(c2cc(-c3ccccc3)nc(-c3ccncc3)n2)CC1. The van der Waals surface area contributed by atoms with E-state index in [1.165, 1.54) is 0 Å². The van der Waals surface area contributed by atoms with Crippen LogP contribution in [-0.2, 0) is 0 Å². The summed E-state index contributed by atoms with van der Waals surface area (Å²) in [6, 6.07) is 16.0. The van der Waals surface area contributed by atoms with Gasteiger partial charge >= 0.3 is 0 Å². The van der Waals surface area contributed by atoms with E-state index < -0.39 is 0 Å². The second kappa shape index (κ2) is 6.99. The van der Waals surface area contributed by atoms with Crippen LogP contribution < -0.4 is 4.90 Å². The summed E-state index contributed by atoms with van der Waals surface area (Å²) in [7, 11) is 0. The molecule has 1 fully saturated rings. The largest absolute Gasteiger partial charge is 0.393 e. The van der Waals surface area contributed by atoms with E-state index >= 15 is 0 Å². The monoisotopic (exact) mass is 332 g/mol. The van der Waals surface area contributed by atoms with Crippen LogP contribution in [0.2, 0.25) is 0 Å². The predicted molar refractivity (Wildman–Crippen MR) is 98.2 cm³/mol. The Labute approximate surface area is 147 Å². The lowest BCUT2D eigenvalue weighted by Gasteiger charge is -2.30. The number of aromatic nitrogens is 3. The quantitative estimate of drug-likeness (QED) is 0.798. The van der Waals surface area contributed by atoms with Gasteiger partial charge in [-0.05, 0) is 25.0 Å². The lowest BCUT2D eigenvalue weighted by molar-refractivity contribution is 0.145. The molecule has 5 nitrogen and oxygen atoms in total. The number of aliphatic hydroxyl groups excluding tert-OH is 1. The number of hydrogen-bond donors (Lipinski definition) is 1. The van der Waals surface area contributed by atoms with E-state index in [9.17, 15) is 5.11 Å². The van der Waals surface area contributed by atoms with Crippen LogP contribution in [0.1, 0.15) is 12.8 Å². The molecule has 0 unspecified atom stereocenters. The molecule has 0 aliphatic carbocycles. The van der Waals surface area contributed by atoms with Crippen molar-refractivity contribution < 1.29 is 5.11 Å². The first kappa shape index (κ1) is 15.7. The normalized spacial score (nSPS) is 15.3. The third-order valence-corrected chi connectivity index (χ3v) is 4.51. The Morgan fingerprint density at radius 2 is 1.60 bits per heavy atom. The van der Waals surface area contributed by atoms with E-state index in [-0.39, 0.29) is 6.10 Å². The lowest BCUT2D eigenvalue weighted by atomic mass is 10.1. The predicted octanol–water partition coefficient (Wildman–Crippen LogP) is 3.17. The maximum absolute atomic E-state index is 9.77. The van der Waals surface area contributed by atoms with Gasteiger partial charge in [0.15, 0.2) is 5.82 Å². The molecule has 1 aliphatic heterocycles. The van der Waals surface area contributed by atoms with Gasteiger partial charge in [0.25, 0.3) is 0 Å². The minimum absolute atomic E-state index is 0.202. The fourth-order valence-corrected chi connectivity index (χ4v) is 3.08. The van der Waals surface area contributed by atoms with Gasteiger partial charge in [-0.1, -0.05) is 30.3 Å². The third kappa shape index (κ3) is 3.51. The Balaban J connectivity index is 1.78. The van der Waals surface area contributed by atoms with Crippen LogP contribution in [0, 0.1) is 0 Å². The van der Waals surface area contributed by atoms with E-state index in [1.54, 1.807) is 12.4 Å². The van der Waals surface area contributed by atoms with E-state index in [0.29, 0.717) is 5.82 Å². The first-order chi connectivity index (χ1) is 12.3. The molecule has 3 aromatic rings. The van der Waals surface area contributed by atoms with Gasteiger partial charge in [-0.2, -0.15) is 0 Å². The molecule has 1 aromatic carbocycles. The van der Waals surface area contributed by atoms with Crippen LogP contribution in [0.3, 0.4) is 0 Å². The summed E-state index contributed by atoms with van der Waals surface area (Å²) >= 11 is 0. The smallest absolute Gasteiger partial charge is 0.162 e. The minimum Gasteiger partial charge on any atom is -0.393 e. The topological polar surface area (TPSA) is 62.1 Å². The number of piperidine rings is 1.